The summed E-state index contributed by atoms with van der Waals surface area (Å²) in [5, 5.41) is 8.79. The highest BCUT2D eigenvalue weighted by Gasteiger charge is 2.19. The Labute approximate surface area is 112 Å². The van der Waals surface area contributed by atoms with Gasteiger partial charge in [-0.15, -0.1) is 0 Å². The highest BCUT2D eigenvalue weighted by atomic mass is 16.5. The normalized spacial score (nSPS) is 11.7. The summed E-state index contributed by atoms with van der Waals surface area (Å²) in [7, 11) is 1.63. The first kappa shape index (κ1) is 15.0. The second kappa shape index (κ2) is 6.78. The number of hydrogen-bond acceptors (Lipinski definition) is 3. The van der Waals surface area contributed by atoms with Crippen molar-refractivity contribution in [3.63, 3.8) is 0 Å². The van der Waals surface area contributed by atoms with E-state index in [1.807, 2.05) is 6.92 Å². The van der Waals surface area contributed by atoms with Gasteiger partial charge in [-0.25, -0.2) is 0 Å². The number of nitrogens with zero attached hydrogens (tertiary/aromatic N) is 1. The van der Waals surface area contributed by atoms with Crippen LogP contribution in [0.2, 0.25) is 0 Å². The molecule has 0 fully saturated rings. The van der Waals surface area contributed by atoms with Crippen LogP contribution >= 0.6 is 0 Å². The van der Waals surface area contributed by atoms with Gasteiger partial charge in [0.15, 0.2) is 0 Å². The number of carbonyl (C=O) groups is 2. The molecule has 19 heavy (non-hydrogen) atoms. The van der Waals surface area contributed by atoms with Gasteiger partial charge in [0, 0.05) is 19.2 Å². The van der Waals surface area contributed by atoms with E-state index in [4.69, 9.17) is 9.84 Å². The molecular weight excluding hydrogens is 246 g/mol. The lowest BCUT2D eigenvalue weighted by Gasteiger charge is -2.18. The summed E-state index contributed by atoms with van der Waals surface area (Å²) in [5.41, 5.74) is 0.714. The average molecular weight is 265 g/mol. The van der Waals surface area contributed by atoms with Crippen LogP contribution in [0, 0.1) is 5.92 Å². The predicted octanol–water partition coefficient (Wildman–Crippen LogP) is 2.16. The number of aliphatic carboxylic acids is 1. The van der Waals surface area contributed by atoms with Crippen LogP contribution in [0.5, 0.6) is 5.75 Å². The standard InChI is InChI=1S/C14H19NO4/c1-4-19-12-7-5-11(6-8-12)15(3)13(16)9-10(2)14(17)18/h5-8,10H,4,9H2,1-3H3,(H,17,18). The quantitative estimate of drug-likeness (QED) is 0.856. The molecule has 5 nitrogen and oxygen atoms in total. The van der Waals surface area contributed by atoms with Gasteiger partial charge in [-0.3, -0.25) is 9.59 Å². The maximum atomic E-state index is 11.9. The van der Waals surface area contributed by atoms with E-state index in [0.717, 1.165) is 5.75 Å². The minimum Gasteiger partial charge on any atom is -0.494 e. The Kier molecular flexibility index (Phi) is 5.36. The van der Waals surface area contributed by atoms with Gasteiger partial charge in [-0.1, -0.05) is 6.92 Å². The van der Waals surface area contributed by atoms with Crippen molar-refractivity contribution in [3.8, 4) is 5.75 Å². The Morgan fingerprint density at radius 1 is 1.32 bits per heavy atom. The Morgan fingerprint density at radius 2 is 1.89 bits per heavy atom. The fourth-order valence-corrected chi connectivity index (χ4v) is 1.56. The van der Waals surface area contributed by atoms with E-state index < -0.39 is 11.9 Å². The molecule has 1 amide bonds. The number of carboxylic acid groups (broad SMARTS) is 1. The lowest BCUT2D eigenvalue weighted by atomic mass is 10.1. The van der Waals surface area contributed by atoms with Crippen LogP contribution in [0.4, 0.5) is 5.69 Å². The number of hydrogen-bond donors (Lipinski definition) is 1. The van der Waals surface area contributed by atoms with Gasteiger partial charge in [0.05, 0.1) is 12.5 Å². The van der Waals surface area contributed by atoms with E-state index in [-0.39, 0.29) is 12.3 Å². The molecule has 0 saturated heterocycles. The first-order chi connectivity index (χ1) is 8.95. The third-order valence-corrected chi connectivity index (χ3v) is 2.81. The summed E-state index contributed by atoms with van der Waals surface area (Å²) >= 11 is 0. The molecule has 0 aliphatic heterocycles. The number of ether oxygens (including phenoxy) is 1. The lowest BCUT2D eigenvalue weighted by Crippen LogP contribution is -2.29. The van der Waals surface area contributed by atoms with Crippen molar-refractivity contribution in [2.24, 2.45) is 5.92 Å². The second-order valence-electron chi connectivity index (χ2n) is 4.32. The van der Waals surface area contributed by atoms with E-state index in [1.54, 1.807) is 31.3 Å². The molecule has 0 aromatic heterocycles. The van der Waals surface area contributed by atoms with Crippen LogP contribution in [0.1, 0.15) is 20.3 Å². The minimum atomic E-state index is -0.964. The maximum absolute atomic E-state index is 11.9. The van der Waals surface area contributed by atoms with Crippen molar-refractivity contribution in [1.82, 2.24) is 0 Å². The first-order valence-electron chi connectivity index (χ1n) is 6.18. The van der Waals surface area contributed by atoms with Gasteiger partial charge >= 0.3 is 5.97 Å². The van der Waals surface area contributed by atoms with E-state index in [0.29, 0.717) is 12.3 Å². The topological polar surface area (TPSA) is 66.8 Å². The predicted molar refractivity (Wildman–Crippen MR) is 72.4 cm³/mol. The molecule has 1 atom stereocenters. The van der Waals surface area contributed by atoms with Gasteiger partial charge < -0.3 is 14.7 Å². The largest absolute Gasteiger partial charge is 0.494 e. The highest BCUT2D eigenvalue weighted by molar-refractivity contribution is 5.94. The van der Waals surface area contributed by atoms with Crippen molar-refractivity contribution in [2.45, 2.75) is 20.3 Å². The highest BCUT2D eigenvalue weighted by Crippen LogP contribution is 2.19. The zero-order valence-corrected chi connectivity index (χ0v) is 11.4. The first-order valence-corrected chi connectivity index (χ1v) is 6.18. The molecule has 1 aromatic rings. The fourth-order valence-electron chi connectivity index (χ4n) is 1.56. The molecule has 0 aliphatic carbocycles. The molecule has 0 radical (unpaired) electrons. The number of anilines is 1. The molecule has 0 heterocycles. The van der Waals surface area contributed by atoms with Crippen LogP contribution in [-0.2, 0) is 9.59 Å². The van der Waals surface area contributed by atoms with Crippen LogP contribution in [0.25, 0.3) is 0 Å². The summed E-state index contributed by atoms with van der Waals surface area (Å²) < 4.78 is 5.32. The van der Waals surface area contributed by atoms with Gasteiger partial charge in [0.2, 0.25) is 5.91 Å². The average Bonchev–Trinajstić information content (AvgIpc) is 2.39. The summed E-state index contributed by atoms with van der Waals surface area (Å²) in [6.07, 6.45) is -0.0148. The summed E-state index contributed by atoms with van der Waals surface area (Å²) in [5.74, 6) is -1.13. The third kappa shape index (κ3) is 4.28. The van der Waals surface area contributed by atoms with E-state index >= 15 is 0 Å². The van der Waals surface area contributed by atoms with Crippen molar-refractivity contribution in [3.05, 3.63) is 24.3 Å². The van der Waals surface area contributed by atoms with E-state index in [1.165, 1.54) is 11.8 Å². The van der Waals surface area contributed by atoms with Gasteiger partial charge in [0.25, 0.3) is 0 Å². The molecule has 5 heteroatoms. The van der Waals surface area contributed by atoms with Crippen molar-refractivity contribution < 1.29 is 19.4 Å². The van der Waals surface area contributed by atoms with Crippen LogP contribution in [-0.4, -0.2) is 30.6 Å². The Balaban J connectivity index is 2.68. The minimum absolute atomic E-state index is 0.0148. The van der Waals surface area contributed by atoms with Crippen LogP contribution in [0.3, 0.4) is 0 Å². The molecule has 1 N–H and O–H groups in total. The molecule has 1 rings (SSSR count). The lowest BCUT2D eigenvalue weighted by molar-refractivity contribution is -0.143. The number of rotatable bonds is 6. The Bertz CT molecular complexity index is 441. The Hall–Kier alpha value is -2.04. The number of carbonyl (C=O) groups excluding carboxylic acids is 1. The molecule has 1 aromatic carbocycles. The maximum Gasteiger partial charge on any atom is 0.306 e. The smallest absolute Gasteiger partial charge is 0.306 e. The third-order valence-electron chi connectivity index (χ3n) is 2.81. The number of benzene rings is 1. The van der Waals surface area contributed by atoms with E-state index in [2.05, 4.69) is 0 Å². The monoisotopic (exact) mass is 265 g/mol. The Morgan fingerprint density at radius 3 is 2.37 bits per heavy atom. The molecular formula is C14H19NO4. The van der Waals surface area contributed by atoms with Gasteiger partial charge in [0.1, 0.15) is 5.75 Å². The van der Waals surface area contributed by atoms with Gasteiger partial charge in [-0.05, 0) is 31.2 Å². The molecule has 1 unspecified atom stereocenters. The molecule has 0 aliphatic rings. The van der Waals surface area contributed by atoms with Crippen molar-refractivity contribution >= 4 is 17.6 Å². The fraction of sp³-hybridized carbons (Fsp3) is 0.429. The SMILES string of the molecule is CCOc1ccc(N(C)C(=O)CC(C)C(=O)O)cc1. The molecule has 0 bridgehead atoms. The molecule has 104 valence electrons. The van der Waals surface area contributed by atoms with Crippen molar-refractivity contribution in [2.75, 3.05) is 18.6 Å². The number of carboxylic acids is 1. The molecule has 0 saturated carbocycles. The summed E-state index contributed by atoms with van der Waals surface area (Å²) in [6, 6.07) is 7.11. The van der Waals surface area contributed by atoms with Crippen LogP contribution < -0.4 is 9.64 Å². The zero-order valence-electron chi connectivity index (χ0n) is 11.4. The molecule has 0 spiro atoms. The van der Waals surface area contributed by atoms with E-state index in [9.17, 15) is 9.59 Å². The number of amides is 1. The van der Waals surface area contributed by atoms with Crippen molar-refractivity contribution in [1.29, 1.82) is 0 Å². The van der Waals surface area contributed by atoms with Crippen LogP contribution in [0.15, 0.2) is 24.3 Å². The summed E-state index contributed by atoms with van der Waals surface area (Å²) in [6.45, 7) is 4.01. The summed E-state index contributed by atoms with van der Waals surface area (Å²) in [4.78, 5) is 24.1. The zero-order chi connectivity index (χ0) is 14.4. The van der Waals surface area contributed by atoms with Gasteiger partial charge in [-0.2, -0.15) is 0 Å². The second-order valence-corrected chi connectivity index (χ2v) is 4.32.